The lowest BCUT2D eigenvalue weighted by Crippen LogP contribution is -2.24. The molecule has 2 aromatic rings. The summed E-state index contributed by atoms with van der Waals surface area (Å²) in [4.78, 5) is 35.8. The van der Waals surface area contributed by atoms with E-state index in [1.165, 1.54) is 19.2 Å². The van der Waals surface area contributed by atoms with E-state index in [4.69, 9.17) is 4.42 Å². The van der Waals surface area contributed by atoms with Crippen molar-refractivity contribution >= 4 is 22.9 Å². The minimum absolute atomic E-state index is 0.0502. The molecule has 0 aliphatic rings. The van der Waals surface area contributed by atoms with Gasteiger partial charge in [-0.05, 0) is 24.6 Å². The fourth-order valence-corrected chi connectivity index (χ4v) is 2.50. The zero-order valence-corrected chi connectivity index (χ0v) is 14.0. The summed E-state index contributed by atoms with van der Waals surface area (Å²) in [5.41, 5.74) is -0.407. The van der Waals surface area contributed by atoms with E-state index in [9.17, 15) is 24.6 Å². The van der Waals surface area contributed by atoms with Crippen LogP contribution in [0.1, 0.15) is 29.4 Å². The number of phenols is 1. The highest BCUT2D eigenvalue weighted by Crippen LogP contribution is 2.28. The van der Waals surface area contributed by atoms with E-state index in [1.807, 2.05) is 0 Å². The summed E-state index contributed by atoms with van der Waals surface area (Å²) in [7, 11) is 2.27. The topological polar surface area (TPSA) is 123 Å². The Morgan fingerprint density at radius 3 is 2.52 bits per heavy atom. The standard InChI is InChI=1S/C17H18O8/c1-8-6-9(18)13-11(7-8)25-10(4-5-12(19)23-2)14(15(13)20)16(21)17(22)24-3/h6-7,16,18,21H,4-5H2,1-3H3/t16-/m0/s1. The maximum absolute atomic E-state index is 12.8. The number of aliphatic hydroxyl groups excluding tert-OH is 1. The Hall–Kier alpha value is -2.87. The number of hydrogen-bond acceptors (Lipinski definition) is 8. The molecule has 0 saturated heterocycles. The van der Waals surface area contributed by atoms with Gasteiger partial charge in [-0.2, -0.15) is 0 Å². The molecule has 0 aliphatic heterocycles. The van der Waals surface area contributed by atoms with E-state index >= 15 is 0 Å². The SMILES string of the molecule is COC(=O)CCc1oc2cc(C)cc(O)c2c(=O)c1[C@H](O)C(=O)OC. The van der Waals surface area contributed by atoms with Crippen molar-refractivity contribution in [3.05, 3.63) is 39.2 Å². The highest BCUT2D eigenvalue weighted by atomic mass is 16.5. The third kappa shape index (κ3) is 3.63. The number of esters is 2. The summed E-state index contributed by atoms with van der Waals surface area (Å²) in [6.45, 7) is 1.70. The highest BCUT2D eigenvalue weighted by molar-refractivity contribution is 5.86. The van der Waals surface area contributed by atoms with Gasteiger partial charge in [-0.15, -0.1) is 0 Å². The first-order valence-corrected chi connectivity index (χ1v) is 7.42. The van der Waals surface area contributed by atoms with Crippen LogP contribution in [0.3, 0.4) is 0 Å². The molecule has 8 heteroatoms. The van der Waals surface area contributed by atoms with Crippen LogP contribution in [0.4, 0.5) is 0 Å². The van der Waals surface area contributed by atoms with E-state index < -0.39 is 23.5 Å². The first kappa shape index (κ1) is 18.5. The van der Waals surface area contributed by atoms with Crippen molar-refractivity contribution in [1.82, 2.24) is 0 Å². The molecule has 0 bridgehead atoms. The fraction of sp³-hybridized carbons (Fsp3) is 0.353. The van der Waals surface area contributed by atoms with Crippen LogP contribution in [0.2, 0.25) is 0 Å². The fourth-order valence-electron chi connectivity index (χ4n) is 2.50. The van der Waals surface area contributed by atoms with Crippen LogP contribution in [-0.2, 0) is 25.5 Å². The second kappa shape index (κ2) is 7.35. The third-order valence-corrected chi connectivity index (χ3v) is 3.71. The van der Waals surface area contributed by atoms with Gasteiger partial charge in [0.2, 0.25) is 5.43 Å². The Kier molecular flexibility index (Phi) is 5.43. The van der Waals surface area contributed by atoms with E-state index in [0.29, 0.717) is 5.56 Å². The largest absolute Gasteiger partial charge is 0.507 e. The van der Waals surface area contributed by atoms with E-state index in [-0.39, 0.29) is 40.9 Å². The molecule has 1 heterocycles. The number of methoxy groups -OCH3 is 2. The van der Waals surface area contributed by atoms with Gasteiger partial charge < -0.3 is 24.1 Å². The molecule has 0 unspecified atom stereocenters. The van der Waals surface area contributed by atoms with Crippen LogP contribution in [-0.4, -0.2) is 36.4 Å². The van der Waals surface area contributed by atoms with Gasteiger partial charge in [0, 0.05) is 6.42 Å². The molecular weight excluding hydrogens is 332 g/mol. The first-order valence-electron chi connectivity index (χ1n) is 7.42. The minimum Gasteiger partial charge on any atom is -0.507 e. The summed E-state index contributed by atoms with van der Waals surface area (Å²) >= 11 is 0. The maximum atomic E-state index is 12.8. The number of carbonyl (C=O) groups is 2. The summed E-state index contributed by atoms with van der Waals surface area (Å²) in [6, 6.07) is 2.90. The van der Waals surface area contributed by atoms with Gasteiger partial charge in [0.25, 0.3) is 0 Å². The van der Waals surface area contributed by atoms with Gasteiger partial charge in [-0.25, -0.2) is 4.79 Å². The van der Waals surface area contributed by atoms with Gasteiger partial charge in [0.15, 0.2) is 6.10 Å². The Bertz CT molecular complexity index is 880. The number of carbonyl (C=O) groups excluding carboxylic acids is 2. The highest BCUT2D eigenvalue weighted by Gasteiger charge is 2.28. The molecule has 2 rings (SSSR count). The van der Waals surface area contributed by atoms with Gasteiger partial charge in [-0.1, -0.05) is 0 Å². The number of phenolic OH excluding ortho intramolecular Hbond substituents is 1. The molecule has 1 aromatic heterocycles. The average Bonchev–Trinajstić information content (AvgIpc) is 2.57. The normalized spacial score (nSPS) is 12.0. The molecule has 1 atom stereocenters. The molecule has 0 spiro atoms. The Balaban J connectivity index is 2.71. The number of benzene rings is 1. The van der Waals surface area contributed by atoms with Gasteiger partial charge in [0.05, 0.1) is 26.2 Å². The molecule has 134 valence electrons. The van der Waals surface area contributed by atoms with Crippen molar-refractivity contribution in [2.45, 2.75) is 25.9 Å². The van der Waals surface area contributed by atoms with Crippen molar-refractivity contribution in [2.75, 3.05) is 14.2 Å². The quantitative estimate of drug-likeness (QED) is 0.769. The molecule has 2 N–H and O–H groups in total. The predicted octanol–water partition coefficient (Wildman–Crippen LogP) is 1.12. The van der Waals surface area contributed by atoms with Gasteiger partial charge in [-0.3, -0.25) is 9.59 Å². The lowest BCUT2D eigenvalue weighted by Gasteiger charge is -2.14. The van der Waals surface area contributed by atoms with Crippen LogP contribution in [0.5, 0.6) is 5.75 Å². The molecule has 0 aliphatic carbocycles. The molecule has 8 nitrogen and oxygen atoms in total. The Morgan fingerprint density at radius 1 is 1.24 bits per heavy atom. The average molecular weight is 350 g/mol. The molecule has 25 heavy (non-hydrogen) atoms. The van der Waals surface area contributed by atoms with E-state index in [1.54, 1.807) is 6.92 Å². The molecule has 0 saturated carbocycles. The molecule has 0 radical (unpaired) electrons. The third-order valence-electron chi connectivity index (χ3n) is 3.71. The summed E-state index contributed by atoms with van der Waals surface area (Å²) in [5.74, 6) is -1.99. The smallest absolute Gasteiger partial charge is 0.339 e. The molecule has 0 fully saturated rings. The second-order valence-electron chi connectivity index (χ2n) is 5.43. The second-order valence-corrected chi connectivity index (χ2v) is 5.43. The van der Waals surface area contributed by atoms with Crippen molar-refractivity contribution in [2.24, 2.45) is 0 Å². The van der Waals surface area contributed by atoms with Crippen LogP contribution < -0.4 is 5.43 Å². The van der Waals surface area contributed by atoms with Crippen molar-refractivity contribution in [1.29, 1.82) is 0 Å². The molecular formula is C17H18O8. The number of rotatable bonds is 5. The summed E-state index contributed by atoms with van der Waals surface area (Å²) in [5, 5.41) is 20.0. The van der Waals surface area contributed by atoms with Crippen LogP contribution in [0.15, 0.2) is 21.3 Å². The minimum atomic E-state index is -1.90. The number of fused-ring (bicyclic) bond motifs is 1. The summed E-state index contributed by atoms with van der Waals surface area (Å²) < 4.78 is 14.6. The molecule has 0 amide bonds. The van der Waals surface area contributed by atoms with Crippen LogP contribution in [0.25, 0.3) is 11.0 Å². The molecule has 1 aromatic carbocycles. The van der Waals surface area contributed by atoms with E-state index in [0.717, 1.165) is 7.11 Å². The lowest BCUT2D eigenvalue weighted by atomic mass is 10.0. The van der Waals surface area contributed by atoms with Crippen LogP contribution >= 0.6 is 0 Å². The van der Waals surface area contributed by atoms with Gasteiger partial charge >= 0.3 is 11.9 Å². The lowest BCUT2D eigenvalue weighted by molar-refractivity contribution is -0.150. The predicted molar refractivity (Wildman–Crippen MR) is 86.2 cm³/mol. The number of aromatic hydroxyl groups is 1. The zero-order chi connectivity index (χ0) is 18.7. The van der Waals surface area contributed by atoms with Crippen molar-refractivity contribution in [3.63, 3.8) is 0 Å². The number of aliphatic hydroxyl groups is 1. The van der Waals surface area contributed by atoms with Crippen molar-refractivity contribution < 1.29 is 33.7 Å². The number of hydrogen-bond donors (Lipinski definition) is 2. The number of ether oxygens (including phenoxy) is 2. The van der Waals surface area contributed by atoms with Crippen LogP contribution in [0, 0.1) is 6.92 Å². The maximum Gasteiger partial charge on any atom is 0.339 e. The van der Waals surface area contributed by atoms with Crippen molar-refractivity contribution in [3.8, 4) is 5.75 Å². The van der Waals surface area contributed by atoms with E-state index in [2.05, 4.69) is 9.47 Å². The first-order chi connectivity index (χ1) is 11.8. The van der Waals surface area contributed by atoms with Gasteiger partial charge in [0.1, 0.15) is 22.5 Å². The zero-order valence-electron chi connectivity index (χ0n) is 14.0. The summed E-state index contributed by atoms with van der Waals surface area (Å²) in [6.07, 6.45) is -2.10. The number of aryl methyl sites for hydroxylation is 2. The monoisotopic (exact) mass is 350 g/mol. The Morgan fingerprint density at radius 2 is 1.92 bits per heavy atom. The Labute approximate surface area is 142 Å².